The third kappa shape index (κ3) is 4.58. The lowest BCUT2D eigenvalue weighted by Crippen LogP contribution is -2.35. The lowest BCUT2D eigenvalue weighted by Gasteiger charge is -2.25. The molecule has 10 heteroatoms. The van der Waals surface area contributed by atoms with E-state index in [1.54, 1.807) is 13.1 Å². The van der Waals surface area contributed by atoms with Crippen LogP contribution < -0.4 is 5.32 Å². The molecule has 1 fully saturated rings. The Hall–Kier alpha value is -2.98. The summed E-state index contributed by atoms with van der Waals surface area (Å²) in [6, 6.07) is 6.96. The number of hydrogen-bond donors (Lipinski definition) is 1. The number of rotatable bonds is 6. The number of benzene rings is 1. The van der Waals surface area contributed by atoms with Gasteiger partial charge in [0, 0.05) is 32.3 Å². The van der Waals surface area contributed by atoms with Crippen LogP contribution in [0.15, 0.2) is 39.9 Å². The Bertz CT molecular complexity index is 1270. The number of nitrogens with zero attached hydrogens (tertiary/aromatic N) is 4. The summed E-state index contributed by atoms with van der Waals surface area (Å²) in [7, 11) is -1.97. The van der Waals surface area contributed by atoms with Gasteiger partial charge in [-0.1, -0.05) is 37.6 Å². The van der Waals surface area contributed by atoms with Crippen LogP contribution in [0.5, 0.6) is 0 Å². The Morgan fingerprint density at radius 2 is 1.91 bits per heavy atom. The van der Waals surface area contributed by atoms with E-state index < -0.39 is 15.9 Å². The number of aromatic nitrogens is 3. The van der Waals surface area contributed by atoms with Crippen molar-refractivity contribution in [3.63, 3.8) is 0 Å². The first kappa shape index (κ1) is 23.2. The molecule has 3 aromatic rings. The molecule has 4 rings (SSSR count). The summed E-state index contributed by atoms with van der Waals surface area (Å²) in [6.07, 6.45) is 4.23. The molecule has 0 radical (unpaired) electrons. The van der Waals surface area contributed by atoms with Gasteiger partial charge in [0.05, 0.1) is 11.3 Å². The van der Waals surface area contributed by atoms with E-state index in [4.69, 9.17) is 4.52 Å². The van der Waals surface area contributed by atoms with Crippen molar-refractivity contribution in [2.24, 2.45) is 7.05 Å². The van der Waals surface area contributed by atoms with Gasteiger partial charge in [-0.2, -0.15) is 9.29 Å². The molecule has 0 atom stereocenters. The van der Waals surface area contributed by atoms with Gasteiger partial charge in [0.15, 0.2) is 5.82 Å². The standard InChI is InChI=1S/C23H29N5O4S/c1-15(2)21-25-23(32-26-21)18-10-8-9-16(3)20(18)24-22(29)19-13-17(14-27(19)4)33(30,31)28-11-6-5-7-12-28/h8-10,13-15H,5-7,11-12H2,1-4H3,(H,24,29). The van der Waals surface area contributed by atoms with Crippen LogP contribution in [0.4, 0.5) is 5.69 Å². The van der Waals surface area contributed by atoms with Gasteiger partial charge in [0.25, 0.3) is 11.8 Å². The zero-order chi connectivity index (χ0) is 23.8. The van der Waals surface area contributed by atoms with Gasteiger partial charge >= 0.3 is 0 Å². The van der Waals surface area contributed by atoms with Crippen LogP contribution in [0.3, 0.4) is 0 Å². The van der Waals surface area contributed by atoms with E-state index in [-0.39, 0.29) is 16.5 Å². The van der Waals surface area contributed by atoms with Crippen LogP contribution in [0.2, 0.25) is 0 Å². The quantitative estimate of drug-likeness (QED) is 0.583. The second-order valence-electron chi connectivity index (χ2n) is 8.70. The van der Waals surface area contributed by atoms with Gasteiger partial charge in [0.2, 0.25) is 10.0 Å². The van der Waals surface area contributed by atoms with Gasteiger partial charge in [-0.15, -0.1) is 0 Å². The van der Waals surface area contributed by atoms with Crippen LogP contribution >= 0.6 is 0 Å². The molecular weight excluding hydrogens is 442 g/mol. The van der Waals surface area contributed by atoms with Crippen molar-refractivity contribution >= 4 is 21.6 Å². The molecule has 33 heavy (non-hydrogen) atoms. The minimum Gasteiger partial charge on any atom is -0.345 e. The van der Waals surface area contributed by atoms with E-state index in [1.165, 1.54) is 21.1 Å². The number of carbonyl (C=O) groups is 1. The van der Waals surface area contributed by atoms with Crippen LogP contribution in [0.25, 0.3) is 11.5 Å². The molecule has 1 aromatic carbocycles. The van der Waals surface area contributed by atoms with Gasteiger partial charge in [0.1, 0.15) is 10.6 Å². The first-order chi connectivity index (χ1) is 15.7. The van der Waals surface area contributed by atoms with Gasteiger partial charge in [-0.25, -0.2) is 8.42 Å². The smallest absolute Gasteiger partial charge is 0.272 e. The number of sulfonamides is 1. The van der Waals surface area contributed by atoms with Gasteiger partial charge in [-0.3, -0.25) is 4.79 Å². The van der Waals surface area contributed by atoms with Crippen molar-refractivity contribution in [2.75, 3.05) is 18.4 Å². The number of anilines is 1. The first-order valence-corrected chi connectivity index (χ1v) is 12.5. The van der Waals surface area contributed by atoms with Crippen molar-refractivity contribution in [3.05, 3.63) is 47.5 Å². The summed E-state index contributed by atoms with van der Waals surface area (Å²) < 4.78 is 34.5. The van der Waals surface area contributed by atoms with E-state index in [0.717, 1.165) is 24.8 Å². The van der Waals surface area contributed by atoms with Crippen LogP contribution in [0, 0.1) is 6.92 Å². The number of para-hydroxylation sites is 1. The number of piperidine rings is 1. The second kappa shape index (κ2) is 9.11. The van der Waals surface area contributed by atoms with Crippen LogP contribution in [-0.4, -0.2) is 46.4 Å². The van der Waals surface area contributed by atoms with E-state index in [1.807, 2.05) is 32.9 Å². The molecule has 0 spiro atoms. The molecular formula is C23H29N5O4S. The Morgan fingerprint density at radius 1 is 1.18 bits per heavy atom. The maximum absolute atomic E-state index is 13.2. The Kier molecular flexibility index (Phi) is 6.40. The molecule has 2 aromatic heterocycles. The van der Waals surface area contributed by atoms with Crippen molar-refractivity contribution < 1.29 is 17.7 Å². The lowest BCUT2D eigenvalue weighted by molar-refractivity contribution is 0.101. The SMILES string of the molecule is Cc1cccc(-c2nc(C(C)C)no2)c1NC(=O)c1cc(S(=O)(=O)N2CCCCC2)cn1C. The summed E-state index contributed by atoms with van der Waals surface area (Å²) in [6.45, 7) is 6.83. The minimum atomic E-state index is -3.64. The number of aryl methyl sites for hydroxylation is 2. The predicted octanol–water partition coefficient (Wildman–Crippen LogP) is 3.93. The first-order valence-electron chi connectivity index (χ1n) is 11.1. The van der Waals surface area contributed by atoms with Crippen molar-refractivity contribution in [2.45, 2.75) is 50.8 Å². The number of carbonyl (C=O) groups excluding carboxylic acids is 1. The average molecular weight is 472 g/mol. The molecule has 1 aliphatic heterocycles. The van der Waals surface area contributed by atoms with Gasteiger partial charge in [-0.05, 0) is 37.5 Å². The molecule has 1 aliphatic rings. The molecule has 9 nitrogen and oxygen atoms in total. The third-order valence-corrected chi connectivity index (χ3v) is 7.73. The molecule has 3 heterocycles. The monoisotopic (exact) mass is 471 g/mol. The summed E-state index contributed by atoms with van der Waals surface area (Å²) in [5, 5.41) is 6.94. The third-order valence-electron chi connectivity index (χ3n) is 5.87. The maximum atomic E-state index is 13.2. The molecule has 1 amide bonds. The summed E-state index contributed by atoms with van der Waals surface area (Å²) in [5.74, 6) is 0.586. The highest BCUT2D eigenvalue weighted by molar-refractivity contribution is 7.89. The second-order valence-corrected chi connectivity index (χ2v) is 10.6. The molecule has 0 aliphatic carbocycles. The topological polar surface area (TPSA) is 110 Å². The molecule has 1 N–H and O–H groups in total. The van der Waals surface area contributed by atoms with Crippen LogP contribution in [0.1, 0.15) is 60.9 Å². The zero-order valence-electron chi connectivity index (χ0n) is 19.3. The number of nitrogens with one attached hydrogen (secondary N) is 1. The normalized spacial score (nSPS) is 15.2. The lowest BCUT2D eigenvalue weighted by atomic mass is 10.1. The molecule has 1 saturated heterocycles. The molecule has 0 unspecified atom stereocenters. The van der Waals surface area contributed by atoms with Crippen molar-refractivity contribution in [1.82, 2.24) is 19.0 Å². The van der Waals surface area contributed by atoms with E-state index in [0.29, 0.717) is 36.1 Å². The van der Waals surface area contributed by atoms with E-state index in [2.05, 4.69) is 15.5 Å². The summed E-state index contributed by atoms with van der Waals surface area (Å²) in [4.78, 5) is 17.8. The maximum Gasteiger partial charge on any atom is 0.272 e. The Labute approximate surface area is 193 Å². The predicted molar refractivity (Wildman–Crippen MR) is 125 cm³/mol. The Balaban J connectivity index is 1.63. The fourth-order valence-electron chi connectivity index (χ4n) is 3.92. The average Bonchev–Trinajstić information content (AvgIpc) is 3.43. The summed E-state index contributed by atoms with van der Waals surface area (Å²) >= 11 is 0. The number of amides is 1. The minimum absolute atomic E-state index is 0.106. The fraction of sp³-hybridized carbons (Fsp3) is 0.435. The molecule has 176 valence electrons. The molecule has 0 bridgehead atoms. The largest absolute Gasteiger partial charge is 0.345 e. The van der Waals surface area contributed by atoms with E-state index >= 15 is 0 Å². The fourth-order valence-corrected chi connectivity index (χ4v) is 5.51. The van der Waals surface area contributed by atoms with E-state index in [9.17, 15) is 13.2 Å². The van der Waals surface area contributed by atoms with Crippen molar-refractivity contribution in [1.29, 1.82) is 0 Å². The van der Waals surface area contributed by atoms with Crippen molar-refractivity contribution in [3.8, 4) is 11.5 Å². The van der Waals surface area contributed by atoms with Gasteiger partial charge < -0.3 is 14.4 Å². The zero-order valence-corrected chi connectivity index (χ0v) is 20.1. The number of hydrogen-bond acceptors (Lipinski definition) is 6. The highest BCUT2D eigenvalue weighted by atomic mass is 32.2. The summed E-state index contributed by atoms with van der Waals surface area (Å²) in [5.41, 5.74) is 2.22. The highest BCUT2D eigenvalue weighted by Gasteiger charge is 2.29. The molecule has 0 saturated carbocycles. The van der Waals surface area contributed by atoms with Crippen LogP contribution in [-0.2, 0) is 17.1 Å². The Morgan fingerprint density at radius 3 is 2.58 bits per heavy atom. The highest BCUT2D eigenvalue weighted by Crippen LogP contribution is 2.31.